The highest BCUT2D eigenvalue weighted by atomic mass is 16.2. The molecule has 1 amide bonds. The zero-order valence-electron chi connectivity index (χ0n) is 15.0. The number of anilines is 1. The van der Waals surface area contributed by atoms with E-state index in [0.717, 1.165) is 42.0 Å². The van der Waals surface area contributed by atoms with Crippen LogP contribution < -0.4 is 4.90 Å². The monoisotopic (exact) mass is 336 g/mol. The van der Waals surface area contributed by atoms with Crippen molar-refractivity contribution < 1.29 is 4.79 Å². The lowest BCUT2D eigenvalue weighted by atomic mass is 10.0. The fourth-order valence-corrected chi connectivity index (χ4v) is 3.63. The van der Waals surface area contributed by atoms with E-state index in [2.05, 4.69) is 17.2 Å². The number of nitriles is 1. The van der Waals surface area contributed by atoms with Crippen molar-refractivity contribution in [1.29, 1.82) is 5.26 Å². The average molecular weight is 336 g/mol. The number of para-hydroxylation sites is 1. The number of hydrogen-bond acceptors (Lipinski definition) is 3. The van der Waals surface area contributed by atoms with Gasteiger partial charge in [0.25, 0.3) is 0 Å². The van der Waals surface area contributed by atoms with Crippen molar-refractivity contribution in [2.24, 2.45) is 0 Å². The third-order valence-electron chi connectivity index (χ3n) is 4.97. The maximum Gasteiger partial charge on any atom is 0.227 e. The van der Waals surface area contributed by atoms with E-state index in [9.17, 15) is 4.79 Å². The summed E-state index contributed by atoms with van der Waals surface area (Å²) in [6, 6.07) is 10.3. The van der Waals surface area contributed by atoms with Gasteiger partial charge < -0.3 is 4.90 Å². The van der Waals surface area contributed by atoms with Gasteiger partial charge >= 0.3 is 0 Å². The molecule has 5 heteroatoms. The zero-order valence-corrected chi connectivity index (χ0v) is 15.0. The Morgan fingerprint density at radius 1 is 1.32 bits per heavy atom. The van der Waals surface area contributed by atoms with Gasteiger partial charge in [-0.3, -0.25) is 9.48 Å². The van der Waals surface area contributed by atoms with E-state index in [1.54, 1.807) is 0 Å². The van der Waals surface area contributed by atoms with Crippen molar-refractivity contribution in [3.8, 4) is 6.07 Å². The predicted octanol–water partition coefficient (Wildman–Crippen LogP) is 3.33. The third kappa shape index (κ3) is 3.58. The maximum atomic E-state index is 12.8. The molecule has 0 unspecified atom stereocenters. The van der Waals surface area contributed by atoms with E-state index in [4.69, 9.17) is 5.26 Å². The molecule has 0 spiro atoms. The summed E-state index contributed by atoms with van der Waals surface area (Å²) < 4.78 is 1.88. The largest absolute Gasteiger partial charge is 0.312 e. The van der Waals surface area contributed by atoms with Gasteiger partial charge in [0.05, 0.1) is 24.7 Å². The minimum Gasteiger partial charge on any atom is -0.312 e. The van der Waals surface area contributed by atoms with Crippen LogP contribution in [-0.2, 0) is 24.2 Å². The molecule has 2 heterocycles. The topological polar surface area (TPSA) is 61.9 Å². The molecule has 2 aromatic rings. The Bertz CT molecular complexity index is 816. The zero-order chi connectivity index (χ0) is 17.8. The summed E-state index contributed by atoms with van der Waals surface area (Å²) >= 11 is 0. The smallest absolute Gasteiger partial charge is 0.227 e. The van der Waals surface area contributed by atoms with Crippen molar-refractivity contribution in [2.45, 2.75) is 52.5 Å². The van der Waals surface area contributed by atoms with Gasteiger partial charge in [0.2, 0.25) is 5.91 Å². The fourth-order valence-electron chi connectivity index (χ4n) is 3.63. The first-order valence-corrected chi connectivity index (χ1v) is 8.90. The van der Waals surface area contributed by atoms with Gasteiger partial charge in [-0.15, -0.1) is 0 Å². The number of rotatable bonds is 5. The van der Waals surface area contributed by atoms with Crippen LogP contribution in [0.3, 0.4) is 0 Å². The molecule has 1 aliphatic rings. The summed E-state index contributed by atoms with van der Waals surface area (Å²) in [7, 11) is 0. The quantitative estimate of drug-likeness (QED) is 0.841. The second-order valence-electron chi connectivity index (χ2n) is 6.56. The number of aryl methyl sites for hydroxylation is 3. The summed E-state index contributed by atoms with van der Waals surface area (Å²) in [5.74, 6) is 0.177. The predicted molar refractivity (Wildman–Crippen MR) is 97.4 cm³/mol. The normalized spacial score (nSPS) is 13.4. The molecule has 25 heavy (non-hydrogen) atoms. The molecular weight excluding hydrogens is 312 g/mol. The number of amides is 1. The lowest BCUT2D eigenvalue weighted by Crippen LogP contribution is -2.35. The molecule has 1 aliphatic heterocycles. The second-order valence-corrected chi connectivity index (χ2v) is 6.56. The minimum atomic E-state index is 0.177. The summed E-state index contributed by atoms with van der Waals surface area (Å²) in [6.45, 7) is 5.41. The number of carbonyl (C=O) groups excluding carboxylic acids is 1. The fraction of sp³-hybridized carbons (Fsp3) is 0.450. The minimum absolute atomic E-state index is 0.177. The molecule has 0 saturated carbocycles. The van der Waals surface area contributed by atoms with E-state index in [1.165, 1.54) is 5.56 Å². The molecule has 0 saturated heterocycles. The number of hydrogen-bond donors (Lipinski definition) is 0. The van der Waals surface area contributed by atoms with Gasteiger partial charge in [-0.05, 0) is 50.3 Å². The van der Waals surface area contributed by atoms with Crippen LogP contribution in [0.15, 0.2) is 24.3 Å². The van der Waals surface area contributed by atoms with Crippen molar-refractivity contribution >= 4 is 11.6 Å². The first-order chi connectivity index (χ1) is 12.1. The summed E-state index contributed by atoms with van der Waals surface area (Å²) in [4.78, 5) is 14.7. The van der Waals surface area contributed by atoms with Crippen LogP contribution in [0.5, 0.6) is 0 Å². The molecule has 0 aliphatic carbocycles. The maximum absolute atomic E-state index is 12.8. The first kappa shape index (κ1) is 17.2. The standard InChI is InChI=1S/C20H24N4O/c1-15-18(16(2)24(22-15)14-6-12-21)10-11-20(25)23-13-5-8-17-7-3-4-9-19(17)23/h3-4,7,9H,5-6,8,10-11,13-14H2,1-2H3. The highest BCUT2D eigenvalue weighted by molar-refractivity contribution is 5.94. The first-order valence-electron chi connectivity index (χ1n) is 8.90. The van der Waals surface area contributed by atoms with E-state index < -0.39 is 0 Å². The van der Waals surface area contributed by atoms with E-state index in [1.807, 2.05) is 41.6 Å². The molecule has 1 aromatic heterocycles. The van der Waals surface area contributed by atoms with Gasteiger partial charge in [0.15, 0.2) is 0 Å². The molecule has 3 rings (SSSR count). The molecule has 1 aromatic carbocycles. The van der Waals surface area contributed by atoms with Gasteiger partial charge in [-0.25, -0.2) is 0 Å². The van der Waals surface area contributed by atoms with Gasteiger partial charge in [0.1, 0.15) is 0 Å². The Morgan fingerprint density at radius 2 is 2.12 bits per heavy atom. The summed E-state index contributed by atoms with van der Waals surface area (Å²) in [5.41, 5.74) is 5.49. The molecule has 0 N–H and O–H groups in total. The highest BCUT2D eigenvalue weighted by Crippen LogP contribution is 2.27. The van der Waals surface area contributed by atoms with Crippen LogP contribution >= 0.6 is 0 Å². The Kier molecular flexibility index (Phi) is 5.18. The van der Waals surface area contributed by atoms with Crippen molar-refractivity contribution in [3.63, 3.8) is 0 Å². The van der Waals surface area contributed by atoms with E-state index in [-0.39, 0.29) is 5.91 Å². The second kappa shape index (κ2) is 7.52. The molecule has 0 atom stereocenters. The molecule has 0 fully saturated rings. The Morgan fingerprint density at radius 3 is 2.92 bits per heavy atom. The van der Waals surface area contributed by atoms with E-state index in [0.29, 0.717) is 25.8 Å². The number of fused-ring (bicyclic) bond motifs is 1. The van der Waals surface area contributed by atoms with Crippen LogP contribution in [0.25, 0.3) is 0 Å². The van der Waals surface area contributed by atoms with Gasteiger partial charge in [-0.2, -0.15) is 10.4 Å². The van der Waals surface area contributed by atoms with Crippen LogP contribution in [0.1, 0.15) is 41.8 Å². The number of carbonyl (C=O) groups is 1. The Labute approximate surface area is 148 Å². The van der Waals surface area contributed by atoms with Gasteiger partial charge in [-0.1, -0.05) is 18.2 Å². The number of aromatic nitrogens is 2. The van der Waals surface area contributed by atoms with E-state index >= 15 is 0 Å². The van der Waals surface area contributed by atoms with Crippen molar-refractivity contribution in [2.75, 3.05) is 11.4 Å². The van der Waals surface area contributed by atoms with Crippen molar-refractivity contribution in [3.05, 3.63) is 46.8 Å². The third-order valence-corrected chi connectivity index (χ3v) is 4.97. The van der Waals surface area contributed by atoms with Crippen LogP contribution in [0.2, 0.25) is 0 Å². The summed E-state index contributed by atoms with van der Waals surface area (Å²) in [6.07, 6.45) is 3.70. The molecule has 0 bridgehead atoms. The van der Waals surface area contributed by atoms with Gasteiger partial charge in [0, 0.05) is 24.3 Å². The molecule has 130 valence electrons. The Balaban J connectivity index is 1.70. The number of benzene rings is 1. The number of nitrogens with zero attached hydrogens (tertiary/aromatic N) is 4. The highest BCUT2D eigenvalue weighted by Gasteiger charge is 2.22. The summed E-state index contributed by atoms with van der Waals surface area (Å²) in [5, 5.41) is 13.3. The lowest BCUT2D eigenvalue weighted by Gasteiger charge is -2.29. The van der Waals surface area contributed by atoms with Crippen molar-refractivity contribution in [1.82, 2.24) is 9.78 Å². The Hall–Kier alpha value is -2.61. The molecule has 5 nitrogen and oxygen atoms in total. The average Bonchev–Trinajstić information content (AvgIpc) is 2.90. The molecular formula is C20H24N4O. The van der Waals surface area contributed by atoms with Crippen LogP contribution in [-0.4, -0.2) is 22.2 Å². The SMILES string of the molecule is Cc1nn(CCC#N)c(C)c1CCC(=O)N1CCCc2ccccc21. The molecule has 0 radical (unpaired) electrons. The lowest BCUT2D eigenvalue weighted by molar-refractivity contribution is -0.118. The van der Waals surface area contributed by atoms with Crippen LogP contribution in [0, 0.1) is 25.2 Å². The van der Waals surface area contributed by atoms with Crippen LogP contribution in [0.4, 0.5) is 5.69 Å².